The molecule has 1 saturated heterocycles. The van der Waals surface area contributed by atoms with Gasteiger partial charge >= 0.3 is 0 Å². The van der Waals surface area contributed by atoms with Crippen LogP contribution >= 0.6 is 11.3 Å². The van der Waals surface area contributed by atoms with E-state index in [2.05, 4.69) is 11.6 Å². The number of aromatic nitrogens is 1. The molecule has 0 N–H and O–H groups in total. The van der Waals surface area contributed by atoms with Crippen LogP contribution in [-0.4, -0.2) is 29.3 Å². The van der Waals surface area contributed by atoms with Gasteiger partial charge in [0.1, 0.15) is 0 Å². The molecule has 0 unspecified atom stereocenters. The van der Waals surface area contributed by atoms with E-state index in [-0.39, 0.29) is 30.6 Å². The maximum atomic E-state index is 13.1. The van der Waals surface area contributed by atoms with E-state index < -0.39 is 0 Å². The minimum absolute atomic E-state index is 0.156. The van der Waals surface area contributed by atoms with Crippen LogP contribution in [0, 0.1) is 0 Å². The minimum Gasteiger partial charge on any atom is -0.305 e. The number of carbonyl (C=O) groups is 3. The quantitative estimate of drug-likeness (QED) is 0.490. The molecule has 2 heterocycles. The van der Waals surface area contributed by atoms with Crippen molar-refractivity contribution in [1.82, 2.24) is 4.98 Å². The molecule has 0 bridgehead atoms. The number of carbonyl (C=O) groups excluding carboxylic acids is 3. The van der Waals surface area contributed by atoms with Crippen LogP contribution in [0.1, 0.15) is 23.2 Å². The number of nitrogens with zero attached hydrogens (tertiary/aromatic N) is 3. The van der Waals surface area contributed by atoms with Gasteiger partial charge in [-0.05, 0) is 30.3 Å². The lowest BCUT2D eigenvalue weighted by Gasteiger charge is -2.21. The summed E-state index contributed by atoms with van der Waals surface area (Å²) in [5.41, 5.74) is 1.94. The molecule has 28 heavy (non-hydrogen) atoms. The van der Waals surface area contributed by atoms with E-state index >= 15 is 0 Å². The zero-order valence-corrected chi connectivity index (χ0v) is 15.8. The molecule has 4 rings (SSSR count). The lowest BCUT2D eigenvalue weighted by Crippen LogP contribution is -2.30. The largest absolute Gasteiger partial charge is 0.305 e. The van der Waals surface area contributed by atoms with Crippen LogP contribution in [0.15, 0.2) is 61.2 Å². The highest BCUT2D eigenvalue weighted by molar-refractivity contribution is 7.22. The second kappa shape index (κ2) is 7.36. The number of para-hydroxylation sites is 1. The van der Waals surface area contributed by atoms with E-state index in [0.717, 1.165) is 15.3 Å². The number of imide groups is 1. The molecule has 3 amide bonds. The third-order valence-electron chi connectivity index (χ3n) is 4.49. The van der Waals surface area contributed by atoms with Gasteiger partial charge in [-0.2, -0.15) is 0 Å². The molecule has 1 aromatic heterocycles. The van der Waals surface area contributed by atoms with E-state index in [0.29, 0.717) is 22.8 Å². The second-order valence-electron chi connectivity index (χ2n) is 6.34. The Hall–Kier alpha value is -3.32. The van der Waals surface area contributed by atoms with Crippen LogP contribution in [0.3, 0.4) is 0 Å². The number of amides is 3. The fraction of sp³-hybridized carbons (Fsp3) is 0.143. The van der Waals surface area contributed by atoms with Crippen LogP contribution in [0.2, 0.25) is 0 Å². The van der Waals surface area contributed by atoms with Crippen molar-refractivity contribution in [3.63, 3.8) is 0 Å². The topological polar surface area (TPSA) is 70.6 Å². The molecule has 2 aromatic carbocycles. The molecule has 0 saturated carbocycles. The van der Waals surface area contributed by atoms with E-state index in [9.17, 15) is 14.4 Å². The van der Waals surface area contributed by atoms with Crippen molar-refractivity contribution >= 4 is 50.1 Å². The summed E-state index contributed by atoms with van der Waals surface area (Å²) in [6, 6.07) is 14.6. The van der Waals surface area contributed by atoms with Crippen molar-refractivity contribution in [1.29, 1.82) is 0 Å². The van der Waals surface area contributed by atoms with Gasteiger partial charge in [0, 0.05) is 30.6 Å². The van der Waals surface area contributed by atoms with Gasteiger partial charge in [0.05, 0.1) is 10.2 Å². The van der Waals surface area contributed by atoms with Crippen molar-refractivity contribution in [2.24, 2.45) is 0 Å². The summed E-state index contributed by atoms with van der Waals surface area (Å²) < 4.78 is 0.750. The van der Waals surface area contributed by atoms with E-state index in [4.69, 9.17) is 0 Å². The second-order valence-corrected chi connectivity index (χ2v) is 7.35. The molecule has 7 heteroatoms. The van der Waals surface area contributed by atoms with Crippen LogP contribution < -0.4 is 9.80 Å². The number of thiazole rings is 1. The highest BCUT2D eigenvalue weighted by Crippen LogP contribution is 2.32. The molecule has 0 spiro atoms. The molecule has 140 valence electrons. The van der Waals surface area contributed by atoms with Gasteiger partial charge in [-0.15, -0.1) is 6.58 Å². The predicted molar refractivity (Wildman–Crippen MR) is 110 cm³/mol. The van der Waals surface area contributed by atoms with Crippen molar-refractivity contribution in [3.05, 3.63) is 66.7 Å². The van der Waals surface area contributed by atoms with Gasteiger partial charge in [0.2, 0.25) is 11.8 Å². The summed E-state index contributed by atoms with van der Waals surface area (Å²) in [7, 11) is 0. The zero-order valence-electron chi connectivity index (χ0n) is 15.0. The van der Waals surface area contributed by atoms with Gasteiger partial charge in [0.25, 0.3) is 5.91 Å². The molecule has 6 nitrogen and oxygen atoms in total. The Kier molecular flexibility index (Phi) is 4.75. The van der Waals surface area contributed by atoms with Crippen LogP contribution in [0.4, 0.5) is 10.8 Å². The summed E-state index contributed by atoms with van der Waals surface area (Å²) in [5.74, 6) is -0.626. The van der Waals surface area contributed by atoms with Crippen LogP contribution in [-0.2, 0) is 9.59 Å². The van der Waals surface area contributed by atoms with Crippen molar-refractivity contribution in [3.8, 4) is 0 Å². The van der Waals surface area contributed by atoms with Crippen LogP contribution in [0.25, 0.3) is 10.2 Å². The normalized spacial score (nSPS) is 13.9. The smallest absolute Gasteiger partial charge is 0.258 e. The molecule has 0 aliphatic carbocycles. The SMILES string of the molecule is C=CCN(C(=O)c1ccc2nc(N3C(=O)CCC3=O)sc2c1)c1ccccc1. The fourth-order valence-electron chi connectivity index (χ4n) is 3.13. The third-order valence-corrected chi connectivity index (χ3v) is 5.49. The molecule has 3 aromatic rings. The number of rotatable bonds is 5. The van der Waals surface area contributed by atoms with Crippen molar-refractivity contribution < 1.29 is 14.4 Å². The van der Waals surface area contributed by atoms with Crippen molar-refractivity contribution in [2.75, 3.05) is 16.3 Å². The highest BCUT2D eigenvalue weighted by atomic mass is 32.1. The number of benzene rings is 2. The fourth-order valence-corrected chi connectivity index (χ4v) is 4.17. The molecule has 1 aliphatic rings. The summed E-state index contributed by atoms with van der Waals surface area (Å²) in [6.07, 6.45) is 2.11. The monoisotopic (exact) mass is 391 g/mol. The number of anilines is 2. The summed E-state index contributed by atoms with van der Waals surface area (Å²) >= 11 is 1.24. The summed E-state index contributed by atoms with van der Waals surface area (Å²) in [4.78, 5) is 44.2. The third kappa shape index (κ3) is 3.20. The molecule has 1 fully saturated rings. The minimum atomic E-state index is -0.235. The average molecular weight is 391 g/mol. The first kappa shape index (κ1) is 18.1. The maximum absolute atomic E-state index is 13.1. The Labute approximate surface area is 165 Å². The molecule has 1 aliphatic heterocycles. The van der Waals surface area contributed by atoms with E-state index in [1.165, 1.54) is 11.3 Å². The van der Waals surface area contributed by atoms with Gasteiger partial charge in [-0.3, -0.25) is 14.4 Å². The lowest BCUT2D eigenvalue weighted by molar-refractivity contribution is -0.121. The molecular formula is C21H17N3O3S. The Morgan fingerprint density at radius 3 is 2.54 bits per heavy atom. The standard InChI is InChI=1S/C21H17N3O3S/c1-2-12-23(15-6-4-3-5-7-15)20(27)14-8-9-16-17(13-14)28-21(22-16)24-18(25)10-11-19(24)26/h2-9,13H,1,10-12H2. The average Bonchev–Trinajstić information content (AvgIpc) is 3.27. The Morgan fingerprint density at radius 1 is 1.14 bits per heavy atom. The number of fused-ring (bicyclic) bond motifs is 1. The van der Waals surface area contributed by atoms with Crippen molar-refractivity contribution in [2.45, 2.75) is 12.8 Å². The molecular weight excluding hydrogens is 374 g/mol. The number of hydrogen-bond donors (Lipinski definition) is 0. The molecule has 0 radical (unpaired) electrons. The van der Waals surface area contributed by atoms with Gasteiger partial charge in [0.15, 0.2) is 5.13 Å². The Bertz CT molecular complexity index is 1070. The summed E-state index contributed by atoms with van der Waals surface area (Å²) in [6.45, 7) is 4.12. The highest BCUT2D eigenvalue weighted by Gasteiger charge is 2.32. The lowest BCUT2D eigenvalue weighted by atomic mass is 10.1. The van der Waals surface area contributed by atoms with E-state index in [1.807, 2.05) is 30.3 Å². The van der Waals surface area contributed by atoms with Gasteiger partial charge in [-0.1, -0.05) is 35.6 Å². The predicted octanol–water partition coefficient (Wildman–Crippen LogP) is 3.78. The molecule has 0 atom stereocenters. The first-order chi connectivity index (χ1) is 13.6. The zero-order chi connectivity index (χ0) is 19.7. The van der Waals surface area contributed by atoms with E-state index in [1.54, 1.807) is 29.2 Å². The van der Waals surface area contributed by atoms with Gasteiger partial charge < -0.3 is 4.90 Å². The first-order valence-corrected chi connectivity index (χ1v) is 9.64. The van der Waals surface area contributed by atoms with Gasteiger partial charge in [-0.25, -0.2) is 9.88 Å². The maximum Gasteiger partial charge on any atom is 0.258 e. The number of hydrogen-bond acceptors (Lipinski definition) is 5. The first-order valence-electron chi connectivity index (χ1n) is 8.82. The Morgan fingerprint density at radius 2 is 1.86 bits per heavy atom. The Balaban J connectivity index is 1.69. The summed E-state index contributed by atoms with van der Waals surface area (Å²) in [5, 5.41) is 0.359. The van der Waals surface area contributed by atoms with Crippen LogP contribution in [0.5, 0.6) is 0 Å².